The van der Waals surface area contributed by atoms with Gasteiger partial charge in [0.15, 0.2) is 0 Å². The van der Waals surface area contributed by atoms with Gasteiger partial charge in [0.05, 0.1) is 6.26 Å². The van der Waals surface area contributed by atoms with Crippen LogP contribution in [0.2, 0.25) is 0 Å². The highest BCUT2D eigenvalue weighted by Crippen LogP contribution is 2.18. The predicted molar refractivity (Wildman–Crippen MR) is 83.2 cm³/mol. The van der Waals surface area contributed by atoms with E-state index in [0.717, 1.165) is 19.1 Å². The van der Waals surface area contributed by atoms with Crippen LogP contribution in [0.4, 0.5) is 0 Å². The van der Waals surface area contributed by atoms with Crippen LogP contribution in [-0.4, -0.2) is 49.7 Å². The number of nitrogens with zero attached hydrogens (tertiary/aromatic N) is 2. The third-order valence-electron chi connectivity index (χ3n) is 3.89. The number of amides is 1. The molecule has 1 aromatic rings. The number of hydrogen-bond acceptors (Lipinski definition) is 4. The first-order valence-electron chi connectivity index (χ1n) is 7.17. The molecule has 1 saturated heterocycles. The molecule has 122 valence electrons. The van der Waals surface area contributed by atoms with Crippen molar-refractivity contribution in [3.8, 4) is 0 Å². The minimum absolute atomic E-state index is 0.178. The van der Waals surface area contributed by atoms with Crippen molar-refractivity contribution in [2.75, 3.05) is 25.9 Å². The molecule has 1 aromatic heterocycles. The van der Waals surface area contributed by atoms with Crippen molar-refractivity contribution in [2.24, 2.45) is 13.0 Å². The van der Waals surface area contributed by atoms with Crippen LogP contribution in [0.15, 0.2) is 23.1 Å². The van der Waals surface area contributed by atoms with Crippen LogP contribution >= 0.6 is 0 Å². The van der Waals surface area contributed by atoms with Crippen molar-refractivity contribution in [1.29, 1.82) is 0 Å². The Labute approximate surface area is 130 Å². The summed E-state index contributed by atoms with van der Waals surface area (Å²) in [6, 6.07) is 3.22. The summed E-state index contributed by atoms with van der Waals surface area (Å²) in [5, 5.41) is 0. The topological polar surface area (TPSA) is 88.5 Å². The second-order valence-electron chi connectivity index (χ2n) is 5.69. The van der Waals surface area contributed by atoms with E-state index in [4.69, 9.17) is 0 Å². The van der Waals surface area contributed by atoms with Crippen LogP contribution in [0.1, 0.15) is 23.2 Å². The zero-order valence-corrected chi connectivity index (χ0v) is 13.6. The number of aryl methyl sites for hydroxylation is 1. The molecule has 1 N–H and O–H groups in total. The summed E-state index contributed by atoms with van der Waals surface area (Å²) >= 11 is 0. The van der Waals surface area contributed by atoms with E-state index in [0.29, 0.717) is 19.6 Å². The van der Waals surface area contributed by atoms with Gasteiger partial charge in [-0.25, -0.2) is 13.1 Å². The normalized spacial score (nSPS) is 16.7. The first-order valence-corrected chi connectivity index (χ1v) is 9.06. The van der Waals surface area contributed by atoms with Crippen LogP contribution in [0, 0.1) is 5.92 Å². The standard InChI is InChI=1S/C14H21N3O4S/c1-16-7-3-4-12(13(16)18)14(19)17-8-5-11(6-9-17)10-15-22(2,20)21/h3-4,7,11,15H,5-6,8-10H2,1-2H3. The fourth-order valence-electron chi connectivity index (χ4n) is 2.54. The molecule has 1 fully saturated rings. The predicted octanol–water partition coefficient (Wildman–Crippen LogP) is -0.213. The molecule has 2 rings (SSSR count). The van der Waals surface area contributed by atoms with Crippen LogP contribution in [0.25, 0.3) is 0 Å². The van der Waals surface area contributed by atoms with Crippen molar-refractivity contribution >= 4 is 15.9 Å². The lowest BCUT2D eigenvalue weighted by molar-refractivity contribution is 0.0689. The van der Waals surface area contributed by atoms with E-state index in [-0.39, 0.29) is 22.9 Å². The van der Waals surface area contributed by atoms with Crippen molar-refractivity contribution in [3.05, 3.63) is 34.2 Å². The van der Waals surface area contributed by atoms with Gasteiger partial charge in [0, 0.05) is 32.9 Å². The number of carbonyl (C=O) groups excluding carboxylic acids is 1. The van der Waals surface area contributed by atoms with Gasteiger partial charge in [-0.05, 0) is 30.9 Å². The Kier molecular flexibility index (Phi) is 5.02. The SMILES string of the molecule is Cn1cccc(C(=O)N2CCC(CNS(C)(=O)=O)CC2)c1=O. The summed E-state index contributed by atoms with van der Waals surface area (Å²) in [5.74, 6) is -0.0342. The number of aromatic nitrogens is 1. The van der Waals surface area contributed by atoms with Gasteiger partial charge in [0.1, 0.15) is 5.56 Å². The minimum Gasteiger partial charge on any atom is -0.338 e. The molecule has 1 amide bonds. The van der Waals surface area contributed by atoms with Gasteiger partial charge in [-0.3, -0.25) is 9.59 Å². The Hall–Kier alpha value is -1.67. The number of hydrogen-bond donors (Lipinski definition) is 1. The highest BCUT2D eigenvalue weighted by Gasteiger charge is 2.25. The quantitative estimate of drug-likeness (QED) is 0.828. The van der Waals surface area contributed by atoms with Gasteiger partial charge in [-0.2, -0.15) is 0 Å². The summed E-state index contributed by atoms with van der Waals surface area (Å²) in [6.07, 6.45) is 4.20. The third-order valence-corrected chi connectivity index (χ3v) is 4.58. The maximum Gasteiger partial charge on any atom is 0.263 e. The van der Waals surface area contributed by atoms with Crippen molar-refractivity contribution < 1.29 is 13.2 Å². The second-order valence-corrected chi connectivity index (χ2v) is 7.53. The van der Waals surface area contributed by atoms with Gasteiger partial charge in [0.2, 0.25) is 10.0 Å². The molecule has 0 atom stereocenters. The van der Waals surface area contributed by atoms with E-state index in [1.165, 1.54) is 4.57 Å². The number of likely N-dealkylation sites (tertiary alicyclic amines) is 1. The molecule has 0 spiro atoms. The summed E-state index contributed by atoms with van der Waals surface area (Å²) < 4.78 is 26.1. The fraction of sp³-hybridized carbons (Fsp3) is 0.571. The molecule has 0 unspecified atom stereocenters. The van der Waals surface area contributed by atoms with Crippen molar-refractivity contribution in [1.82, 2.24) is 14.2 Å². The first-order chi connectivity index (χ1) is 10.3. The lowest BCUT2D eigenvalue weighted by atomic mass is 9.97. The van der Waals surface area contributed by atoms with Crippen LogP contribution in [0.5, 0.6) is 0 Å². The molecular formula is C14H21N3O4S. The summed E-state index contributed by atoms with van der Waals surface area (Å²) in [5.41, 5.74) is -0.119. The number of carbonyl (C=O) groups is 1. The van der Waals surface area contributed by atoms with Gasteiger partial charge in [-0.15, -0.1) is 0 Å². The molecule has 0 aromatic carbocycles. The minimum atomic E-state index is -3.18. The monoisotopic (exact) mass is 327 g/mol. The molecule has 0 saturated carbocycles. The Morgan fingerprint density at radius 3 is 2.59 bits per heavy atom. The number of rotatable bonds is 4. The highest BCUT2D eigenvalue weighted by atomic mass is 32.2. The Bertz CT molecular complexity index is 703. The average molecular weight is 327 g/mol. The number of sulfonamides is 1. The van der Waals surface area contributed by atoms with Gasteiger partial charge in [0.25, 0.3) is 11.5 Å². The lowest BCUT2D eigenvalue weighted by Gasteiger charge is -2.31. The second kappa shape index (κ2) is 6.62. The van der Waals surface area contributed by atoms with E-state index < -0.39 is 10.0 Å². The molecule has 0 bridgehead atoms. The molecule has 7 nitrogen and oxygen atoms in total. The summed E-state index contributed by atoms with van der Waals surface area (Å²) in [6.45, 7) is 1.47. The van der Waals surface area contributed by atoms with Crippen molar-refractivity contribution in [3.63, 3.8) is 0 Å². The fourth-order valence-corrected chi connectivity index (χ4v) is 3.08. The zero-order valence-electron chi connectivity index (χ0n) is 12.8. The first kappa shape index (κ1) is 16.7. The Balaban J connectivity index is 1.95. The largest absolute Gasteiger partial charge is 0.338 e. The summed E-state index contributed by atoms with van der Waals surface area (Å²) in [7, 11) is -1.57. The third kappa shape index (κ3) is 4.17. The molecule has 8 heteroatoms. The summed E-state index contributed by atoms with van der Waals surface area (Å²) in [4.78, 5) is 26.0. The average Bonchev–Trinajstić information content (AvgIpc) is 2.47. The van der Waals surface area contributed by atoms with Crippen molar-refractivity contribution in [2.45, 2.75) is 12.8 Å². The van der Waals surface area contributed by atoms with E-state index in [2.05, 4.69) is 4.72 Å². The van der Waals surface area contributed by atoms with E-state index in [1.54, 1.807) is 30.3 Å². The van der Waals surface area contributed by atoms with Crippen LogP contribution in [0.3, 0.4) is 0 Å². The highest BCUT2D eigenvalue weighted by molar-refractivity contribution is 7.88. The number of pyridine rings is 1. The molecule has 1 aliphatic rings. The lowest BCUT2D eigenvalue weighted by Crippen LogP contribution is -2.43. The number of piperidine rings is 1. The Morgan fingerprint density at radius 1 is 1.36 bits per heavy atom. The molecule has 1 aliphatic heterocycles. The van der Waals surface area contributed by atoms with Crippen LogP contribution in [-0.2, 0) is 17.1 Å². The van der Waals surface area contributed by atoms with Crippen LogP contribution < -0.4 is 10.3 Å². The van der Waals surface area contributed by atoms with Gasteiger partial charge >= 0.3 is 0 Å². The van der Waals surface area contributed by atoms with Gasteiger partial charge in [-0.1, -0.05) is 0 Å². The molecular weight excluding hydrogens is 306 g/mol. The smallest absolute Gasteiger partial charge is 0.263 e. The van der Waals surface area contributed by atoms with Gasteiger partial charge < -0.3 is 9.47 Å². The molecule has 2 heterocycles. The van der Waals surface area contributed by atoms with E-state index in [9.17, 15) is 18.0 Å². The molecule has 0 aliphatic carbocycles. The molecule has 0 radical (unpaired) electrons. The van der Waals surface area contributed by atoms with E-state index in [1.807, 2.05) is 0 Å². The van der Waals surface area contributed by atoms with E-state index >= 15 is 0 Å². The zero-order chi connectivity index (χ0) is 16.3. The maximum atomic E-state index is 12.4. The Morgan fingerprint density at radius 2 is 2.00 bits per heavy atom. The molecule has 22 heavy (non-hydrogen) atoms. The maximum absolute atomic E-state index is 12.4. The number of nitrogens with one attached hydrogen (secondary N) is 1.